The average Bonchev–Trinajstić information content (AvgIpc) is 2.24. The monoisotopic (exact) mass is 342 g/mol. The van der Waals surface area contributed by atoms with Crippen molar-refractivity contribution >= 4 is 51.0 Å². The summed E-state index contributed by atoms with van der Waals surface area (Å²) < 4.78 is 2.36. The van der Waals surface area contributed by atoms with Gasteiger partial charge in [0, 0.05) is 8.95 Å². The lowest BCUT2D eigenvalue weighted by Gasteiger charge is -2.06. The fourth-order valence-electron chi connectivity index (χ4n) is 1.27. The molecule has 0 nitrogen and oxygen atoms in total. The van der Waals surface area contributed by atoms with E-state index in [1.54, 1.807) is 0 Å². The molecule has 0 N–H and O–H groups in total. The average molecular weight is 344 g/mol. The highest BCUT2D eigenvalue weighted by atomic mass is 79.9. The zero-order valence-corrected chi connectivity index (χ0v) is 12.0. The smallest absolute Gasteiger partial charge is 0.0252 e. The maximum absolute atomic E-state index is 3.57. The van der Waals surface area contributed by atoms with Crippen LogP contribution in [0.1, 0.15) is 0 Å². The van der Waals surface area contributed by atoms with Gasteiger partial charge in [0.05, 0.1) is 0 Å². The number of benzene rings is 2. The molecular formula is C12H9Br2P. The van der Waals surface area contributed by atoms with E-state index in [-0.39, 0.29) is 0 Å². The Kier molecular flexibility index (Phi) is 3.96. The topological polar surface area (TPSA) is 0 Å². The number of hydrogen-bond donors (Lipinski definition) is 0. The molecule has 3 heteroatoms. The van der Waals surface area contributed by atoms with E-state index in [0.717, 1.165) is 0 Å². The van der Waals surface area contributed by atoms with Crippen LogP contribution in [0, 0.1) is 0 Å². The van der Waals surface area contributed by atoms with E-state index in [2.05, 4.69) is 68.3 Å². The molecule has 0 aromatic heterocycles. The molecule has 15 heavy (non-hydrogen) atoms. The Morgan fingerprint density at radius 1 is 0.667 bits per heavy atom. The third-order valence-electron chi connectivity index (χ3n) is 2.02. The van der Waals surface area contributed by atoms with Crippen molar-refractivity contribution in [3.05, 3.63) is 57.5 Å². The molecule has 0 aliphatic rings. The zero-order valence-electron chi connectivity index (χ0n) is 7.87. The summed E-state index contributed by atoms with van der Waals surface area (Å²) in [5.41, 5.74) is 0. The number of halogens is 2. The van der Waals surface area contributed by atoms with E-state index in [1.165, 1.54) is 19.6 Å². The van der Waals surface area contributed by atoms with Crippen molar-refractivity contribution in [2.75, 3.05) is 0 Å². The fourth-order valence-corrected chi connectivity index (χ4v) is 3.49. The lowest BCUT2D eigenvalue weighted by atomic mass is 10.4. The Morgan fingerprint density at radius 2 is 1.07 bits per heavy atom. The Hall–Kier alpha value is -0.170. The highest BCUT2D eigenvalue weighted by Gasteiger charge is 2.02. The van der Waals surface area contributed by atoms with E-state index < -0.39 is 0 Å². The summed E-state index contributed by atoms with van der Waals surface area (Å²) >= 11 is 7.14. The molecule has 0 saturated carbocycles. The van der Waals surface area contributed by atoms with E-state index >= 15 is 0 Å². The lowest BCUT2D eigenvalue weighted by Crippen LogP contribution is -2.05. The van der Waals surface area contributed by atoms with E-state index in [9.17, 15) is 0 Å². The van der Waals surface area contributed by atoms with E-state index in [4.69, 9.17) is 0 Å². The van der Waals surface area contributed by atoms with Crippen molar-refractivity contribution < 1.29 is 0 Å². The van der Waals surface area contributed by atoms with E-state index in [1.807, 2.05) is 12.1 Å². The van der Waals surface area contributed by atoms with E-state index in [0.29, 0.717) is 8.58 Å². The first-order valence-electron chi connectivity index (χ1n) is 4.53. The standard InChI is InChI=1S/C12H9Br2P/c13-9-5-1-3-7-11(9)15-12-8-4-2-6-10(12)14/h1-8,15H. The minimum atomic E-state index is 0.681. The van der Waals surface area contributed by atoms with Gasteiger partial charge in [0.2, 0.25) is 0 Å². The minimum absolute atomic E-state index is 0.681. The van der Waals surface area contributed by atoms with Gasteiger partial charge in [0.1, 0.15) is 0 Å². The van der Waals surface area contributed by atoms with Gasteiger partial charge in [-0.1, -0.05) is 76.8 Å². The van der Waals surface area contributed by atoms with Gasteiger partial charge in [-0.3, -0.25) is 0 Å². The van der Waals surface area contributed by atoms with Gasteiger partial charge in [0.15, 0.2) is 0 Å². The predicted octanol–water partition coefficient (Wildman–Crippen LogP) is 3.84. The summed E-state index contributed by atoms with van der Waals surface area (Å²) in [6.45, 7) is 0. The molecule has 0 heterocycles. The molecule has 2 rings (SSSR count). The molecule has 0 aliphatic heterocycles. The maximum atomic E-state index is 3.57. The molecule has 0 fully saturated rings. The second kappa shape index (κ2) is 5.25. The fraction of sp³-hybridized carbons (Fsp3) is 0. The van der Waals surface area contributed by atoms with Gasteiger partial charge in [-0.05, 0) is 22.7 Å². The Morgan fingerprint density at radius 3 is 1.47 bits per heavy atom. The first-order valence-corrected chi connectivity index (χ1v) is 7.12. The molecule has 2 aromatic rings. The van der Waals surface area contributed by atoms with Crippen LogP contribution in [0.25, 0.3) is 0 Å². The molecular weight excluding hydrogens is 335 g/mol. The summed E-state index contributed by atoms with van der Waals surface area (Å²) in [7, 11) is 0.681. The summed E-state index contributed by atoms with van der Waals surface area (Å²) in [5, 5.41) is 2.67. The van der Waals surface area contributed by atoms with Crippen molar-refractivity contribution in [3.8, 4) is 0 Å². The van der Waals surface area contributed by atoms with Crippen LogP contribution in [-0.2, 0) is 0 Å². The van der Waals surface area contributed by atoms with Crippen molar-refractivity contribution in [1.29, 1.82) is 0 Å². The van der Waals surface area contributed by atoms with Crippen LogP contribution in [0.3, 0.4) is 0 Å². The van der Waals surface area contributed by atoms with Crippen LogP contribution in [0.5, 0.6) is 0 Å². The molecule has 0 unspecified atom stereocenters. The van der Waals surface area contributed by atoms with Gasteiger partial charge in [-0.25, -0.2) is 0 Å². The van der Waals surface area contributed by atoms with Crippen LogP contribution in [0.2, 0.25) is 0 Å². The SMILES string of the molecule is Brc1ccccc1Pc1ccccc1Br. The second-order valence-electron chi connectivity index (χ2n) is 3.08. The highest BCUT2D eigenvalue weighted by molar-refractivity contribution is 9.11. The van der Waals surface area contributed by atoms with Gasteiger partial charge >= 0.3 is 0 Å². The number of rotatable bonds is 2. The molecule has 0 amide bonds. The van der Waals surface area contributed by atoms with Gasteiger partial charge in [0.25, 0.3) is 0 Å². The summed E-state index contributed by atoms with van der Waals surface area (Å²) in [6.07, 6.45) is 0. The Labute approximate surface area is 108 Å². The van der Waals surface area contributed by atoms with Crippen molar-refractivity contribution in [2.45, 2.75) is 0 Å². The summed E-state index contributed by atoms with van der Waals surface area (Å²) in [6, 6.07) is 16.7. The third kappa shape index (κ3) is 2.90. The van der Waals surface area contributed by atoms with Gasteiger partial charge in [-0.15, -0.1) is 0 Å². The van der Waals surface area contributed by atoms with Crippen LogP contribution in [0.15, 0.2) is 57.5 Å². The minimum Gasteiger partial charge on any atom is -0.0616 e. The van der Waals surface area contributed by atoms with Crippen LogP contribution in [-0.4, -0.2) is 0 Å². The van der Waals surface area contributed by atoms with Crippen LogP contribution >= 0.6 is 40.4 Å². The molecule has 0 spiro atoms. The van der Waals surface area contributed by atoms with Crippen molar-refractivity contribution in [2.24, 2.45) is 0 Å². The normalized spacial score (nSPS) is 10.3. The molecule has 0 aliphatic carbocycles. The second-order valence-corrected chi connectivity index (χ2v) is 6.12. The molecule has 76 valence electrons. The van der Waals surface area contributed by atoms with Crippen LogP contribution in [0.4, 0.5) is 0 Å². The highest BCUT2D eigenvalue weighted by Crippen LogP contribution is 2.21. The van der Waals surface area contributed by atoms with Gasteiger partial charge < -0.3 is 0 Å². The number of hydrogen-bond acceptors (Lipinski definition) is 0. The van der Waals surface area contributed by atoms with Gasteiger partial charge in [-0.2, -0.15) is 0 Å². The van der Waals surface area contributed by atoms with Crippen LogP contribution < -0.4 is 10.6 Å². The maximum Gasteiger partial charge on any atom is 0.0252 e. The first-order chi connectivity index (χ1) is 7.27. The summed E-state index contributed by atoms with van der Waals surface area (Å²) in [5.74, 6) is 0. The third-order valence-corrected chi connectivity index (χ3v) is 5.54. The molecule has 0 bridgehead atoms. The zero-order chi connectivity index (χ0) is 10.7. The molecule has 2 aromatic carbocycles. The van der Waals surface area contributed by atoms with Crippen molar-refractivity contribution in [3.63, 3.8) is 0 Å². The Balaban J connectivity index is 2.30. The predicted molar refractivity (Wildman–Crippen MR) is 75.9 cm³/mol. The first kappa shape index (κ1) is 11.3. The molecule has 0 radical (unpaired) electrons. The molecule has 0 atom stereocenters. The lowest BCUT2D eigenvalue weighted by molar-refractivity contribution is 1.70. The Bertz CT molecular complexity index is 425. The quantitative estimate of drug-likeness (QED) is 0.727. The van der Waals surface area contributed by atoms with Crippen molar-refractivity contribution in [1.82, 2.24) is 0 Å². The summed E-state index contributed by atoms with van der Waals surface area (Å²) in [4.78, 5) is 0. The largest absolute Gasteiger partial charge is 0.0616 e. The molecule has 0 saturated heterocycles.